The average Bonchev–Trinajstić information content (AvgIpc) is 3.01. The molecule has 1 amide bonds. The van der Waals surface area contributed by atoms with Crippen molar-refractivity contribution >= 4 is 39.7 Å². The smallest absolute Gasteiger partial charge is 0.245 e. The van der Waals surface area contributed by atoms with Crippen LogP contribution in [0.5, 0.6) is 0 Å². The standard InChI is InChI=1S/C19H18ClN3OS/c1-13-5-7-16(8-6-13)21-12-18(24)23-19-22-11-17(25-19)10-14-3-2-4-15(20)9-14/h2-9,11,21H,10,12H2,1H3,(H,22,23,24). The number of thiazole rings is 1. The fourth-order valence-corrected chi connectivity index (χ4v) is 3.39. The van der Waals surface area contributed by atoms with E-state index in [2.05, 4.69) is 15.6 Å². The van der Waals surface area contributed by atoms with Crippen molar-refractivity contribution in [2.75, 3.05) is 17.2 Å². The second kappa shape index (κ2) is 8.14. The molecule has 4 nitrogen and oxygen atoms in total. The minimum absolute atomic E-state index is 0.121. The second-order valence-electron chi connectivity index (χ2n) is 5.71. The van der Waals surface area contributed by atoms with Crippen molar-refractivity contribution in [3.05, 3.63) is 75.8 Å². The molecule has 1 heterocycles. The van der Waals surface area contributed by atoms with Crippen LogP contribution >= 0.6 is 22.9 Å². The van der Waals surface area contributed by atoms with Crippen LogP contribution in [0.3, 0.4) is 0 Å². The molecule has 0 spiro atoms. The first-order chi connectivity index (χ1) is 12.1. The summed E-state index contributed by atoms with van der Waals surface area (Å²) in [6, 6.07) is 15.7. The van der Waals surface area contributed by atoms with Crippen molar-refractivity contribution < 1.29 is 4.79 Å². The number of benzene rings is 2. The summed E-state index contributed by atoms with van der Waals surface area (Å²) < 4.78 is 0. The fourth-order valence-electron chi connectivity index (χ4n) is 2.31. The van der Waals surface area contributed by atoms with Gasteiger partial charge in [-0.3, -0.25) is 4.79 Å². The minimum atomic E-state index is -0.121. The molecule has 0 bridgehead atoms. The zero-order valence-electron chi connectivity index (χ0n) is 13.8. The first kappa shape index (κ1) is 17.5. The van der Waals surface area contributed by atoms with Crippen LogP contribution in [0, 0.1) is 6.92 Å². The Morgan fingerprint density at radius 2 is 2.00 bits per heavy atom. The number of nitrogens with zero attached hydrogens (tertiary/aromatic N) is 1. The number of halogens is 1. The molecule has 0 saturated heterocycles. The van der Waals surface area contributed by atoms with Gasteiger partial charge in [0.2, 0.25) is 5.91 Å². The van der Waals surface area contributed by atoms with Crippen LogP contribution in [0.15, 0.2) is 54.7 Å². The molecular weight excluding hydrogens is 354 g/mol. The molecule has 1 aromatic heterocycles. The van der Waals surface area contributed by atoms with E-state index in [1.165, 1.54) is 16.9 Å². The number of amides is 1. The molecule has 3 aromatic rings. The maximum atomic E-state index is 12.0. The predicted octanol–water partition coefficient (Wildman–Crippen LogP) is 4.75. The Hall–Kier alpha value is -2.37. The van der Waals surface area contributed by atoms with Crippen LogP contribution in [0.1, 0.15) is 16.0 Å². The summed E-state index contributed by atoms with van der Waals surface area (Å²) in [7, 11) is 0. The number of carbonyl (C=O) groups excluding carboxylic acids is 1. The lowest BCUT2D eigenvalue weighted by Crippen LogP contribution is -2.21. The monoisotopic (exact) mass is 371 g/mol. The number of hydrogen-bond acceptors (Lipinski definition) is 4. The highest BCUT2D eigenvalue weighted by molar-refractivity contribution is 7.15. The summed E-state index contributed by atoms with van der Waals surface area (Å²) in [5, 5.41) is 7.24. The molecule has 0 aliphatic rings. The molecule has 0 aliphatic heterocycles. The van der Waals surface area contributed by atoms with E-state index in [1.807, 2.05) is 55.5 Å². The number of aryl methyl sites for hydroxylation is 1. The van der Waals surface area contributed by atoms with E-state index in [-0.39, 0.29) is 12.5 Å². The lowest BCUT2D eigenvalue weighted by molar-refractivity contribution is -0.114. The Kier molecular flexibility index (Phi) is 5.68. The van der Waals surface area contributed by atoms with Gasteiger partial charge in [0.15, 0.2) is 5.13 Å². The maximum absolute atomic E-state index is 12.0. The van der Waals surface area contributed by atoms with E-state index in [0.29, 0.717) is 5.13 Å². The van der Waals surface area contributed by atoms with Gasteiger partial charge >= 0.3 is 0 Å². The van der Waals surface area contributed by atoms with Gasteiger partial charge in [0.25, 0.3) is 0 Å². The molecule has 0 saturated carbocycles. The van der Waals surface area contributed by atoms with E-state index in [0.717, 1.165) is 27.6 Å². The third kappa shape index (κ3) is 5.31. The predicted molar refractivity (Wildman–Crippen MR) is 105 cm³/mol. The van der Waals surface area contributed by atoms with Crippen molar-refractivity contribution in [3.8, 4) is 0 Å². The first-order valence-electron chi connectivity index (χ1n) is 7.88. The molecule has 2 N–H and O–H groups in total. The number of hydrogen-bond donors (Lipinski definition) is 2. The Labute approximate surface area is 155 Å². The lowest BCUT2D eigenvalue weighted by atomic mass is 10.1. The quantitative estimate of drug-likeness (QED) is 0.657. The molecule has 3 rings (SSSR count). The Morgan fingerprint density at radius 3 is 2.76 bits per heavy atom. The molecule has 0 atom stereocenters. The summed E-state index contributed by atoms with van der Waals surface area (Å²) in [6.45, 7) is 2.23. The SMILES string of the molecule is Cc1ccc(NCC(=O)Nc2ncc(Cc3cccc(Cl)c3)s2)cc1. The topological polar surface area (TPSA) is 54.0 Å². The van der Waals surface area contributed by atoms with Gasteiger partial charge in [0, 0.05) is 28.2 Å². The molecule has 0 unspecified atom stereocenters. The van der Waals surface area contributed by atoms with Crippen molar-refractivity contribution in [1.29, 1.82) is 0 Å². The van der Waals surface area contributed by atoms with Gasteiger partial charge < -0.3 is 10.6 Å². The number of rotatable bonds is 6. The van der Waals surface area contributed by atoms with Gasteiger partial charge in [-0.25, -0.2) is 4.98 Å². The summed E-state index contributed by atoms with van der Waals surface area (Å²) >= 11 is 7.47. The molecule has 6 heteroatoms. The lowest BCUT2D eigenvalue weighted by Gasteiger charge is -2.06. The van der Waals surface area contributed by atoms with Crippen LogP contribution in [-0.4, -0.2) is 17.4 Å². The third-order valence-corrected chi connectivity index (χ3v) is 4.72. The van der Waals surface area contributed by atoms with E-state index >= 15 is 0 Å². The Morgan fingerprint density at radius 1 is 1.20 bits per heavy atom. The Balaban J connectivity index is 1.52. The van der Waals surface area contributed by atoms with Crippen LogP contribution < -0.4 is 10.6 Å². The van der Waals surface area contributed by atoms with Gasteiger partial charge in [0.05, 0.1) is 6.54 Å². The van der Waals surface area contributed by atoms with E-state index in [4.69, 9.17) is 11.6 Å². The van der Waals surface area contributed by atoms with E-state index in [1.54, 1.807) is 6.20 Å². The third-order valence-electron chi connectivity index (χ3n) is 3.57. The van der Waals surface area contributed by atoms with Crippen molar-refractivity contribution in [2.45, 2.75) is 13.3 Å². The van der Waals surface area contributed by atoms with Crippen LogP contribution in [0.25, 0.3) is 0 Å². The normalized spacial score (nSPS) is 10.5. The Bertz CT molecular complexity index is 861. The molecule has 128 valence electrons. The summed E-state index contributed by atoms with van der Waals surface area (Å²) in [5.41, 5.74) is 3.22. The van der Waals surface area contributed by atoms with Gasteiger partial charge in [0.1, 0.15) is 0 Å². The zero-order chi connectivity index (χ0) is 17.6. The highest BCUT2D eigenvalue weighted by atomic mass is 35.5. The first-order valence-corrected chi connectivity index (χ1v) is 9.07. The van der Waals surface area contributed by atoms with Crippen molar-refractivity contribution in [2.24, 2.45) is 0 Å². The number of aromatic nitrogens is 1. The number of carbonyl (C=O) groups is 1. The molecular formula is C19H18ClN3OS. The molecule has 0 aliphatic carbocycles. The summed E-state index contributed by atoms with van der Waals surface area (Å²) in [6.07, 6.45) is 2.53. The molecule has 2 aromatic carbocycles. The van der Waals surface area contributed by atoms with Gasteiger partial charge in [-0.1, -0.05) is 41.4 Å². The summed E-state index contributed by atoms with van der Waals surface area (Å²) in [4.78, 5) is 17.4. The highest BCUT2D eigenvalue weighted by Crippen LogP contribution is 2.22. The van der Waals surface area contributed by atoms with E-state index in [9.17, 15) is 4.79 Å². The average molecular weight is 372 g/mol. The molecule has 0 radical (unpaired) electrons. The van der Waals surface area contributed by atoms with Crippen molar-refractivity contribution in [1.82, 2.24) is 4.98 Å². The fraction of sp³-hybridized carbons (Fsp3) is 0.158. The van der Waals surface area contributed by atoms with Gasteiger partial charge in [-0.05, 0) is 36.8 Å². The molecule has 25 heavy (non-hydrogen) atoms. The van der Waals surface area contributed by atoms with Crippen LogP contribution in [0.4, 0.5) is 10.8 Å². The summed E-state index contributed by atoms with van der Waals surface area (Å²) in [5.74, 6) is -0.121. The van der Waals surface area contributed by atoms with Gasteiger partial charge in [-0.15, -0.1) is 11.3 Å². The van der Waals surface area contributed by atoms with E-state index < -0.39 is 0 Å². The number of nitrogens with one attached hydrogen (secondary N) is 2. The van der Waals surface area contributed by atoms with Gasteiger partial charge in [-0.2, -0.15) is 0 Å². The van der Waals surface area contributed by atoms with Crippen LogP contribution in [0.2, 0.25) is 5.02 Å². The molecule has 0 fully saturated rings. The number of anilines is 2. The van der Waals surface area contributed by atoms with Crippen LogP contribution in [-0.2, 0) is 11.2 Å². The largest absolute Gasteiger partial charge is 0.376 e. The highest BCUT2D eigenvalue weighted by Gasteiger charge is 2.07. The maximum Gasteiger partial charge on any atom is 0.245 e. The zero-order valence-corrected chi connectivity index (χ0v) is 15.3. The van der Waals surface area contributed by atoms with Crippen molar-refractivity contribution in [3.63, 3.8) is 0 Å². The second-order valence-corrected chi connectivity index (χ2v) is 7.26. The minimum Gasteiger partial charge on any atom is -0.376 e.